The van der Waals surface area contributed by atoms with Gasteiger partial charge in [-0.2, -0.15) is 15.3 Å². The molecule has 0 unspecified atom stereocenters. The van der Waals surface area contributed by atoms with Crippen molar-refractivity contribution in [1.82, 2.24) is 34.3 Å². The predicted molar refractivity (Wildman–Crippen MR) is 143 cm³/mol. The number of aromatic nitrogens is 7. The Morgan fingerprint density at radius 3 is 2.45 bits per heavy atom. The molecule has 0 saturated heterocycles. The van der Waals surface area contributed by atoms with Crippen LogP contribution in [0.2, 0.25) is 0 Å². The minimum absolute atomic E-state index is 0.182. The molecular weight excluding hydrogens is 558 g/mol. The van der Waals surface area contributed by atoms with Crippen LogP contribution in [0.5, 0.6) is 0 Å². The van der Waals surface area contributed by atoms with Crippen LogP contribution in [-0.2, 0) is 24.9 Å². The Hall–Kier alpha value is -3.93. The fourth-order valence-corrected chi connectivity index (χ4v) is 4.74. The highest BCUT2D eigenvalue weighted by Gasteiger charge is 2.23. The van der Waals surface area contributed by atoms with Gasteiger partial charge in [-0.3, -0.25) is 14.2 Å². The van der Waals surface area contributed by atoms with Crippen LogP contribution < -0.4 is 5.32 Å². The summed E-state index contributed by atoms with van der Waals surface area (Å²) < 4.78 is 33.8. The molecule has 1 N–H and O–H groups in total. The average molecular weight is 583 g/mol. The van der Waals surface area contributed by atoms with E-state index in [-0.39, 0.29) is 29.0 Å². The Bertz CT molecular complexity index is 1650. The van der Waals surface area contributed by atoms with Gasteiger partial charge in [-0.05, 0) is 44.5 Å². The molecule has 0 spiro atoms. The zero-order chi connectivity index (χ0) is 27.1. The van der Waals surface area contributed by atoms with E-state index in [0.717, 1.165) is 15.7 Å². The molecule has 0 aliphatic rings. The van der Waals surface area contributed by atoms with Crippen LogP contribution in [0.15, 0.2) is 47.2 Å². The molecule has 0 aliphatic carbocycles. The summed E-state index contributed by atoms with van der Waals surface area (Å²) in [6.45, 7) is 5.70. The number of carbonyl (C=O) groups excluding carboxylic acids is 1. The van der Waals surface area contributed by atoms with Gasteiger partial charge in [0.2, 0.25) is 5.91 Å². The number of carbonyl (C=O) groups is 1. The van der Waals surface area contributed by atoms with Gasteiger partial charge in [-0.1, -0.05) is 28.1 Å². The average Bonchev–Trinajstić information content (AvgIpc) is 3.52. The second-order valence-electron chi connectivity index (χ2n) is 9.12. The maximum atomic E-state index is 14.0. The lowest BCUT2D eigenvalue weighted by Crippen LogP contribution is -2.20. The molecule has 12 heteroatoms. The van der Waals surface area contributed by atoms with Gasteiger partial charge in [0.25, 0.3) is 6.43 Å². The summed E-state index contributed by atoms with van der Waals surface area (Å²) in [5.41, 5.74) is 4.50. The summed E-state index contributed by atoms with van der Waals surface area (Å²) in [5, 5.41) is 16.2. The van der Waals surface area contributed by atoms with E-state index in [0.29, 0.717) is 34.9 Å². The molecule has 1 amide bonds. The van der Waals surface area contributed by atoms with Gasteiger partial charge in [-0.15, -0.1) is 0 Å². The van der Waals surface area contributed by atoms with Crippen LogP contribution in [0.4, 0.5) is 14.5 Å². The Morgan fingerprint density at radius 1 is 1.08 bits per heavy atom. The quantitative estimate of drug-likeness (QED) is 0.279. The molecule has 0 saturated carbocycles. The third-order valence-electron chi connectivity index (χ3n) is 6.33. The smallest absolute Gasteiger partial charge is 0.264 e. The Morgan fingerprint density at radius 2 is 1.79 bits per heavy atom. The minimum atomic E-state index is -2.73. The topological polar surface area (TPSA) is 95.5 Å². The molecule has 4 aromatic heterocycles. The number of fused-ring (bicyclic) bond motifs is 1. The van der Waals surface area contributed by atoms with Crippen LogP contribution in [0.25, 0.3) is 22.3 Å². The second-order valence-corrected chi connectivity index (χ2v) is 10.0. The normalized spacial score (nSPS) is 11.6. The van der Waals surface area contributed by atoms with Crippen molar-refractivity contribution in [3.8, 4) is 11.3 Å². The first kappa shape index (κ1) is 25.7. The third kappa shape index (κ3) is 4.95. The summed E-state index contributed by atoms with van der Waals surface area (Å²) in [4.78, 5) is 17.7. The van der Waals surface area contributed by atoms with E-state index >= 15 is 0 Å². The number of alkyl halides is 2. The molecule has 1 aromatic carbocycles. The van der Waals surface area contributed by atoms with Gasteiger partial charge in [0.05, 0.1) is 46.6 Å². The van der Waals surface area contributed by atoms with Gasteiger partial charge < -0.3 is 5.32 Å². The zero-order valence-corrected chi connectivity index (χ0v) is 22.8. The van der Waals surface area contributed by atoms with E-state index < -0.39 is 6.43 Å². The van der Waals surface area contributed by atoms with Gasteiger partial charge in [0.15, 0.2) is 5.65 Å². The fraction of sp³-hybridized carbons (Fsp3) is 0.269. The van der Waals surface area contributed by atoms with Crippen molar-refractivity contribution >= 4 is 38.6 Å². The van der Waals surface area contributed by atoms with Crippen LogP contribution in [0, 0.1) is 20.8 Å². The monoisotopic (exact) mass is 582 g/mol. The highest BCUT2D eigenvalue weighted by Crippen LogP contribution is 2.33. The number of benzene rings is 1. The molecule has 0 fully saturated rings. The molecular formula is C26H25BrF2N8O. The maximum Gasteiger partial charge on any atom is 0.264 e. The minimum Gasteiger partial charge on any atom is -0.321 e. The lowest BCUT2D eigenvalue weighted by atomic mass is 10.1. The summed E-state index contributed by atoms with van der Waals surface area (Å²) in [7, 11) is 1.74. The highest BCUT2D eigenvalue weighted by molar-refractivity contribution is 9.10. The summed E-state index contributed by atoms with van der Waals surface area (Å²) >= 11 is 3.44. The van der Waals surface area contributed by atoms with Crippen LogP contribution in [0.3, 0.4) is 0 Å². The predicted octanol–water partition coefficient (Wildman–Crippen LogP) is 5.34. The Balaban J connectivity index is 1.43. The first-order valence-corrected chi connectivity index (χ1v) is 12.6. The number of aryl methyl sites for hydroxylation is 3. The second kappa shape index (κ2) is 10.1. The van der Waals surface area contributed by atoms with Crippen molar-refractivity contribution in [2.45, 2.75) is 40.3 Å². The molecule has 38 heavy (non-hydrogen) atoms. The van der Waals surface area contributed by atoms with E-state index in [9.17, 15) is 13.6 Å². The van der Waals surface area contributed by atoms with Crippen LogP contribution >= 0.6 is 15.9 Å². The SMILES string of the molecule is Cc1nn(Cc2ccc(Br)cc2)c(C)c1NC(=O)Cn1nc(C)c2c(C(F)F)cc(-c3cnn(C)c3)nc21. The largest absolute Gasteiger partial charge is 0.321 e. The number of hydrogen-bond acceptors (Lipinski definition) is 5. The maximum absolute atomic E-state index is 14.0. The first-order chi connectivity index (χ1) is 18.1. The third-order valence-corrected chi connectivity index (χ3v) is 6.86. The van der Waals surface area contributed by atoms with Crippen molar-refractivity contribution in [3.05, 3.63) is 75.4 Å². The molecule has 4 heterocycles. The molecule has 0 aliphatic heterocycles. The Kier molecular flexibility index (Phi) is 6.82. The molecule has 0 bridgehead atoms. The molecule has 0 atom stereocenters. The lowest BCUT2D eigenvalue weighted by molar-refractivity contribution is -0.116. The molecule has 5 aromatic rings. The number of amides is 1. The molecule has 196 valence electrons. The highest BCUT2D eigenvalue weighted by atomic mass is 79.9. The zero-order valence-electron chi connectivity index (χ0n) is 21.2. The number of hydrogen-bond donors (Lipinski definition) is 1. The molecule has 5 rings (SSSR count). The van der Waals surface area contributed by atoms with Gasteiger partial charge in [-0.25, -0.2) is 18.4 Å². The van der Waals surface area contributed by atoms with Crippen LogP contribution in [0.1, 0.15) is 34.6 Å². The van der Waals surface area contributed by atoms with Crippen molar-refractivity contribution in [3.63, 3.8) is 0 Å². The lowest BCUT2D eigenvalue weighted by Gasteiger charge is -2.09. The first-order valence-electron chi connectivity index (χ1n) is 11.8. The number of nitrogens with one attached hydrogen (secondary N) is 1. The fourth-order valence-electron chi connectivity index (χ4n) is 4.48. The molecule has 9 nitrogen and oxygen atoms in total. The van der Waals surface area contributed by atoms with Gasteiger partial charge >= 0.3 is 0 Å². The number of pyridine rings is 1. The van der Waals surface area contributed by atoms with E-state index in [1.54, 1.807) is 31.0 Å². The summed E-state index contributed by atoms with van der Waals surface area (Å²) in [6, 6.07) is 9.30. The van der Waals surface area contributed by atoms with Crippen molar-refractivity contribution in [2.75, 3.05) is 5.32 Å². The summed E-state index contributed by atoms with van der Waals surface area (Å²) in [5.74, 6) is -0.365. The van der Waals surface area contributed by atoms with E-state index in [1.807, 2.05) is 42.8 Å². The van der Waals surface area contributed by atoms with Crippen molar-refractivity contribution < 1.29 is 13.6 Å². The van der Waals surface area contributed by atoms with Crippen molar-refractivity contribution in [2.24, 2.45) is 7.05 Å². The number of anilines is 1. The standard InChI is InChI=1S/C26H25BrF2N8O/c1-14-23-20(25(28)29)9-21(18-10-30-35(4)12-18)31-26(23)37(33-14)13-22(38)32-24-15(2)34-36(16(24)3)11-17-5-7-19(27)8-6-17/h5-10,12,25H,11,13H2,1-4H3,(H,32,38). The van der Waals surface area contributed by atoms with E-state index in [4.69, 9.17) is 0 Å². The van der Waals surface area contributed by atoms with Gasteiger partial charge in [0, 0.05) is 28.8 Å². The number of rotatable bonds is 7. The summed E-state index contributed by atoms with van der Waals surface area (Å²) in [6.07, 6.45) is 0.519. The van der Waals surface area contributed by atoms with Gasteiger partial charge in [0.1, 0.15) is 6.54 Å². The number of nitrogens with zero attached hydrogens (tertiary/aromatic N) is 7. The van der Waals surface area contributed by atoms with Crippen LogP contribution in [-0.4, -0.2) is 40.2 Å². The Labute approximate surface area is 225 Å². The van der Waals surface area contributed by atoms with E-state index in [2.05, 4.69) is 41.5 Å². The van der Waals surface area contributed by atoms with E-state index in [1.165, 1.54) is 10.7 Å². The molecule has 0 radical (unpaired) electrons. The number of halogens is 3. The van der Waals surface area contributed by atoms with Crippen molar-refractivity contribution in [1.29, 1.82) is 0 Å².